The number of rotatable bonds is 3. The van der Waals surface area contributed by atoms with E-state index in [0.717, 1.165) is 13.0 Å². The Balaban J connectivity index is 2.19. The Morgan fingerprint density at radius 2 is 2.25 bits per heavy atom. The molecule has 0 radical (unpaired) electrons. The number of hydrogen-bond donors (Lipinski definition) is 1. The van der Waals surface area contributed by atoms with Gasteiger partial charge in [-0.2, -0.15) is 0 Å². The van der Waals surface area contributed by atoms with Crippen LogP contribution in [0.5, 0.6) is 0 Å². The number of nitrogens with zero attached hydrogens (tertiary/aromatic N) is 1. The van der Waals surface area contributed by atoms with Gasteiger partial charge >= 0.3 is 5.97 Å². The summed E-state index contributed by atoms with van der Waals surface area (Å²) < 4.78 is 5.13. The predicted molar refractivity (Wildman–Crippen MR) is 59.9 cm³/mol. The molecule has 2 rings (SSSR count). The standard InChI is InChI=1S/C12H21NO3/c1-4-16-10(14)12(7-9(12)2)11(15)5-6-13(3)8-11/h9,15H,4-8H2,1-3H3. The maximum absolute atomic E-state index is 12.0. The zero-order chi connectivity index (χ0) is 12.0. The molecule has 1 aliphatic carbocycles. The van der Waals surface area contributed by atoms with Crippen LogP contribution in [-0.4, -0.2) is 48.3 Å². The monoisotopic (exact) mass is 227 g/mol. The van der Waals surface area contributed by atoms with E-state index in [2.05, 4.69) is 4.90 Å². The van der Waals surface area contributed by atoms with Crippen molar-refractivity contribution < 1.29 is 14.6 Å². The highest BCUT2D eigenvalue weighted by Gasteiger charge is 2.71. The molecule has 2 fully saturated rings. The number of aliphatic hydroxyl groups is 1. The highest BCUT2D eigenvalue weighted by atomic mass is 16.5. The Hall–Kier alpha value is -0.610. The van der Waals surface area contributed by atoms with Crippen molar-refractivity contribution in [2.24, 2.45) is 11.3 Å². The molecule has 1 saturated carbocycles. The highest BCUT2D eigenvalue weighted by molar-refractivity contribution is 5.82. The van der Waals surface area contributed by atoms with Gasteiger partial charge < -0.3 is 14.7 Å². The second kappa shape index (κ2) is 3.70. The van der Waals surface area contributed by atoms with Crippen molar-refractivity contribution in [2.75, 3.05) is 26.7 Å². The molecular formula is C12H21NO3. The largest absolute Gasteiger partial charge is 0.465 e. The second-order valence-electron chi connectivity index (χ2n) is 5.32. The topological polar surface area (TPSA) is 49.8 Å². The van der Waals surface area contributed by atoms with Crippen molar-refractivity contribution >= 4 is 5.97 Å². The number of carbonyl (C=O) groups excluding carboxylic acids is 1. The van der Waals surface area contributed by atoms with E-state index in [1.165, 1.54) is 0 Å². The molecule has 1 saturated heterocycles. The molecule has 0 spiro atoms. The molecule has 0 aromatic carbocycles. The number of hydrogen-bond acceptors (Lipinski definition) is 4. The third kappa shape index (κ3) is 1.47. The molecule has 1 N–H and O–H groups in total. The zero-order valence-corrected chi connectivity index (χ0v) is 10.3. The summed E-state index contributed by atoms with van der Waals surface area (Å²) in [7, 11) is 1.98. The minimum absolute atomic E-state index is 0.208. The van der Waals surface area contributed by atoms with Crippen molar-refractivity contribution in [3.05, 3.63) is 0 Å². The third-order valence-electron chi connectivity index (χ3n) is 4.22. The lowest BCUT2D eigenvalue weighted by Gasteiger charge is -2.32. The van der Waals surface area contributed by atoms with Crippen LogP contribution < -0.4 is 0 Å². The quantitative estimate of drug-likeness (QED) is 0.719. The van der Waals surface area contributed by atoms with Gasteiger partial charge in [0.2, 0.25) is 0 Å². The first kappa shape index (κ1) is 11.9. The van der Waals surface area contributed by atoms with E-state index in [0.29, 0.717) is 19.6 Å². The fourth-order valence-electron chi connectivity index (χ4n) is 3.15. The zero-order valence-electron chi connectivity index (χ0n) is 10.3. The van der Waals surface area contributed by atoms with Gasteiger partial charge in [0.1, 0.15) is 5.41 Å². The van der Waals surface area contributed by atoms with Gasteiger partial charge in [-0.15, -0.1) is 0 Å². The van der Waals surface area contributed by atoms with Crippen LogP contribution in [0.15, 0.2) is 0 Å². The Labute approximate surface area is 96.6 Å². The Bertz CT molecular complexity index is 307. The molecule has 3 atom stereocenters. The van der Waals surface area contributed by atoms with Gasteiger partial charge in [-0.3, -0.25) is 4.79 Å². The molecular weight excluding hydrogens is 206 g/mol. The Morgan fingerprint density at radius 1 is 1.62 bits per heavy atom. The SMILES string of the molecule is CCOC(=O)C1(C2(O)CCN(C)C2)CC1C. The van der Waals surface area contributed by atoms with Crippen molar-refractivity contribution in [1.82, 2.24) is 4.90 Å². The van der Waals surface area contributed by atoms with Crippen LogP contribution in [0.25, 0.3) is 0 Å². The second-order valence-corrected chi connectivity index (χ2v) is 5.32. The van der Waals surface area contributed by atoms with Crippen LogP contribution in [0.1, 0.15) is 26.7 Å². The number of likely N-dealkylation sites (N-methyl/N-ethyl adjacent to an activating group) is 1. The first-order valence-electron chi connectivity index (χ1n) is 6.04. The van der Waals surface area contributed by atoms with E-state index in [4.69, 9.17) is 4.74 Å². The summed E-state index contributed by atoms with van der Waals surface area (Å²) in [6, 6.07) is 0. The molecule has 92 valence electrons. The lowest BCUT2D eigenvalue weighted by atomic mass is 9.81. The van der Waals surface area contributed by atoms with Crippen molar-refractivity contribution in [1.29, 1.82) is 0 Å². The molecule has 0 aromatic heterocycles. The summed E-state index contributed by atoms with van der Waals surface area (Å²) in [5.74, 6) is 0.0309. The molecule has 0 amide bonds. The maximum Gasteiger partial charge on any atom is 0.315 e. The lowest BCUT2D eigenvalue weighted by Crippen LogP contribution is -2.48. The Morgan fingerprint density at radius 3 is 2.62 bits per heavy atom. The lowest BCUT2D eigenvalue weighted by molar-refractivity contribution is -0.162. The predicted octanol–water partition coefficient (Wildman–Crippen LogP) is 0.642. The minimum Gasteiger partial charge on any atom is -0.465 e. The first-order chi connectivity index (χ1) is 7.46. The fraction of sp³-hybridized carbons (Fsp3) is 0.917. The van der Waals surface area contributed by atoms with Gasteiger partial charge in [0.25, 0.3) is 0 Å². The number of esters is 1. The van der Waals surface area contributed by atoms with E-state index >= 15 is 0 Å². The van der Waals surface area contributed by atoms with Crippen LogP contribution >= 0.6 is 0 Å². The van der Waals surface area contributed by atoms with Gasteiger partial charge in [0, 0.05) is 13.1 Å². The molecule has 1 aliphatic heterocycles. The summed E-state index contributed by atoms with van der Waals surface area (Å²) >= 11 is 0. The average molecular weight is 227 g/mol. The average Bonchev–Trinajstić information content (AvgIpc) is 2.78. The van der Waals surface area contributed by atoms with Crippen LogP contribution in [-0.2, 0) is 9.53 Å². The van der Waals surface area contributed by atoms with E-state index in [1.54, 1.807) is 0 Å². The number of β-amino-alcohol motifs (C(OH)–C–C–N with tert-alkyl or cyclic N) is 1. The minimum atomic E-state index is -0.882. The normalized spacial score (nSPS) is 43.4. The summed E-state index contributed by atoms with van der Waals surface area (Å²) in [5, 5.41) is 10.7. The summed E-state index contributed by atoms with van der Waals surface area (Å²) in [6.45, 7) is 5.65. The van der Waals surface area contributed by atoms with Gasteiger partial charge in [0.15, 0.2) is 0 Å². The van der Waals surface area contributed by atoms with Crippen molar-refractivity contribution in [3.63, 3.8) is 0 Å². The van der Waals surface area contributed by atoms with E-state index < -0.39 is 11.0 Å². The van der Waals surface area contributed by atoms with Crippen LogP contribution in [0, 0.1) is 11.3 Å². The summed E-state index contributed by atoms with van der Waals surface area (Å²) in [4.78, 5) is 14.1. The van der Waals surface area contributed by atoms with Gasteiger partial charge in [-0.25, -0.2) is 0 Å². The van der Waals surface area contributed by atoms with E-state index in [-0.39, 0.29) is 11.9 Å². The van der Waals surface area contributed by atoms with Crippen LogP contribution in [0.3, 0.4) is 0 Å². The number of likely N-dealkylation sites (tertiary alicyclic amines) is 1. The smallest absolute Gasteiger partial charge is 0.315 e. The van der Waals surface area contributed by atoms with Crippen LogP contribution in [0.2, 0.25) is 0 Å². The number of carbonyl (C=O) groups is 1. The Kier molecular flexibility index (Phi) is 2.75. The van der Waals surface area contributed by atoms with Gasteiger partial charge in [-0.05, 0) is 32.7 Å². The molecule has 4 heteroatoms. The fourth-order valence-corrected chi connectivity index (χ4v) is 3.15. The van der Waals surface area contributed by atoms with Crippen molar-refractivity contribution in [2.45, 2.75) is 32.3 Å². The molecule has 16 heavy (non-hydrogen) atoms. The van der Waals surface area contributed by atoms with Crippen LogP contribution in [0.4, 0.5) is 0 Å². The maximum atomic E-state index is 12.0. The van der Waals surface area contributed by atoms with Crippen molar-refractivity contribution in [3.8, 4) is 0 Å². The third-order valence-corrected chi connectivity index (χ3v) is 4.22. The van der Waals surface area contributed by atoms with Gasteiger partial charge in [-0.1, -0.05) is 6.92 Å². The summed E-state index contributed by atoms with van der Waals surface area (Å²) in [5.41, 5.74) is -1.51. The first-order valence-corrected chi connectivity index (χ1v) is 6.04. The number of ether oxygens (including phenoxy) is 1. The summed E-state index contributed by atoms with van der Waals surface area (Å²) in [6.07, 6.45) is 1.43. The molecule has 1 heterocycles. The molecule has 0 aromatic rings. The molecule has 2 aliphatic rings. The van der Waals surface area contributed by atoms with E-state index in [1.807, 2.05) is 20.9 Å². The molecule has 3 unspecified atom stereocenters. The molecule has 0 bridgehead atoms. The molecule has 4 nitrogen and oxygen atoms in total. The van der Waals surface area contributed by atoms with E-state index in [9.17, 15) is 9.90 Å². The highest BCUT2D eigenvalue weighted by Crippen LogP contribution is 2.62. The van der Waals surface area contributed by atoms with Gasteiger partial charge in [0.05, 0.1) is 12.2 Å².